The Morgan fingerprint density at radius 1 is 1.30 bits per heavy atom. The second-order valence-electron chi connectivity index (χ2n) is 4.80. The van der Waals surface area contributed by atoms with Crippen LogP contribution < -0.4 is 4.18 Å². The van der Waals surface area contributed by atoms with E-state index in [0.717, 1.165) is 12.1 Å². The highest BCUT2D eigenvalue weighted by molar-refractivity contribution is 7.88. The van der Waals surface area contributed by atoms with Crippen LogP contribution in [0.4, 0.5) is 13.2 Å². The summed E-state index contributed by atoms with van der Waals surface area (Å²) < 4.78 is 67.3. The van der Waals surface area contributed by atoms with Gasteiger partial charge in [0.25, 0.3) is 0 Å². The van der Waals surface area contributed by atoms with Gasteiger partial charge in [0.1, 0.15) is 5.75 Å². The lowest BCUT2D eigenvalue weighted by Crippen LogP contribution is -2.39. The van der Waals surface area contributed by atoms with Crippen molar-refractivity contribution < 1.29 is 40.4 Å². The second-order valence-corrected chi connectivity index (χ2v) is 6.34. The molecular formula is C13H15F3O6S. The molecule has 0 heterocycles. The average molecular weight is 356 g/mol. The molecule has 1 atom stereocenters. The van der Waals surface area contributed by atoms with E-state index < -0.39 is 32.9 Å². The van der Waals surface area contributed by atoms with Crippen molar-refractivity contribution in [2.45, 2.75) is 31.4 Å². The minimum Gasteiger partial charge on any atom is -0.464 e. The monoisotopic (exact) mass is 356 g/mol. The summed E-state index contributed by atoms with van der Waals surface area (Å²) in [5, 5.41) is 10.0. The van der Waals surface area contributed by atoms with E-state index in [9.17, 15) is 31.5 Å². The Kier molecular flexibility index (Phi) is 5.65. The van der Waals surface area contributed by atoms with Gasteiger partial charge in [0, 0.05) is 6.42 Å². The molecule has 0 aliphatic heterocycles. The number of carbonyl (C=O) groups excluding carboxylic acids is 1. The summed E-state index contributed by atoms with van der Waals surface area (Å²) in [6.45, 7) is 2.76. The van der Waals surface area contributed by atoms with Crippen molar-refractivity contribution in [1.29, 1.82) is 0 Å². The first kappa shape index (κ1) is 19.2. The molecule has 1 aromatic rings. The largest absolute Gasteiger partial charge is 0.534 e. The quantitative estimate of drug-likeness (QED) is 0.475. The molecule has 6 nitrogen and oxygen atoms in total. The van der Waals surface area contributed by atoms with Gasteiger partial charge in [-0.05, 0) is 31.5 Å². The summed E-state index contributed by atoms with van der Waals surface area (Å²) in [6, 6.07) is 4.61. The molecular weight excluding hydrogens is 341 g/mol. The van der Waals surface area contributed by atoms with Crippen molar-refractivity contribution in [2.75, 3.05) is 6.61 Å². The number of ether oxygens (including phenoxy) is 1. The van der Waals surface area contributed by atoms with E-state index in [1.807, 2.05) is 0 Å². The van der Waals surface area contributed by atoms with Crippen LogP contribution in [0.2, 0.25) is 0 Å². The molecule has 10 heteroatoms. The van der Waals surface area contributed by atoms with Gasteiger partial charge in [-0.1, -0.05) is 12.1 Å². The molecule has 0 aliphatic rings. The molecule has 0 spiro atoms. The van der Waals surface area contributed by atoms with Gasteiger partial charge in [0.05, 0.1) is 6.61 Å². The Morgan fingerprint density at radius 2 is 1.91 bits per heavy atom. The maximum absolute atomic E-state index is 12.3. The Balaban J connectivity index is 2.96. The molecule has 1 aromatic carbocycles. The summed E-state index contributed by atoms with van der Waals surface area (Å²) in [5.74, 6) is -1.49. The van der Waals surface area contributed by atoms with Gasteiger partial charge in [-0.2, -0.15) is 21.6 Å². The third-order valence-electron chi connectivity index (χ3n) is 2.65. The van der Waals surface area contributed by atoms with Crippen LogP contribution in [0, 0.1) is 0 Å². The molecule has 0 fully saturated rings. The van der Waals surface area contributed by atoms with Crippen LogP contribution in [0.25, 0.3) is 0 Å². The number of hydrogen-bond donors (Lipinski definition) is 1. The molecule has 1 N–H and O–H groups in total. The van der Waals surface area contributed by atoms with Gasteiger partial charge < -0.3 is 14.0 Å². The maximum Gasteiger partial charge on any atom is 0.534 e. The number of hydrogen-bond acceptors (Lipinski definition) is 6. The van der Waals surface area contributed by atoms with Crippen molar-refractivity contribution in [3.63, 3.8) is 0 Å². The van der Waals surface area contributed by atoms with Gasteiger partial charge in [-0.15, -0.1) is 0 Å². The number of benzene rings is 1. The second kappa shape index (κ2) is 6.75. The molecule has 1 unspecified atom stereocenters. The Bertz CT molecular complexity index is 667. The van der Waals surface area contributed by atoms with Crippen molar-refractivity contribution in [1.82, 2.24) is 0 Å². The molecule has 23 heavy (non-hydrogen) atoms. The van der Waals surface area contributed by atoms with Gasteiger partial charge in [-0.3, -0.25) is 0 Å². The summed E-state index contributed by atoms with van der Waals surface area (Å²) in [4.78, 5) is 11.6. The molecule has 0 radical (unpaired) electrons. The molecule has 0 amide bonds. The van der Waals surface area contributed by atoms with Gasteiger partial charge in [0.15, 0.2) is 5.60 Å². The average Bonchev–Trinajstić information content (AvgIpc) is 2.36. The predicted octanol–water partition coefficient (Wildman–Crippen LogP) is 1.77. The van der Waals surface area contributed by atoms with E-state index in [0.29, 0.717) is 0 Å². The topological polar surface area (TPSA) is 89.9 Å². The van der Waals surface area contributed by atoms with Crippen molar-refractivity contribution >= 4 is 16.1 Å². The lowest BCUT2D eigenvalue weighted by molar-refractivity contribution is -0.163. The summed E-state index contributed by atoms with van der Waals surface area (Å²) in [6.07, 6.45) is -0.297. The van der Waals surface area contributed by atoms with Gasteiger partial charge in [0.2, 0.25) is 0 Å². The standard InChI is InChI=1S/C13H15F3O6S/c1-3-21-11(17)12(2,18)8-9-5-4-6-10(7-9)22-23(19,20)13(14,15)16/h4-7,18H,3,8H2,1-2H3. The fourth-order valence-corrected chi connectivity index (χ4v) is 2.09. The molecule has 0 saturated heterocycles. The minimum absolute atomic E-state index is 0.0436. The van der Waals surface area contributed by atoms with Gasteiger partial charge in [-0.25, -0.2) is 4.79 Å². The lowest BCUT2D eigenvalue weighted by Gasteiger charge is -2.21. The number of alkyl halides is 3. The van der Waals surface area contributed by atoms with Crippen molar-refractivity contribution in [2.24, 2.45) is 0 Å². The third-order valence-corrected chi connectivity index (χ3v) is 3.63. The molecule has 1 rings (SSSR count). The fourth-order valence-electron chi connectivity index (χ4n) is 1.64. The van der Waals surface area contributed by atoms with E-state index >= 15 is 0 Å². The number of esters is 1. The van der Waals surface area contributed by atoms with E-state index in [-0.39, 0.29) is 18.6 Å². The predicted molar refractivity (Wildman–Crippen MR) is 73.0 cm³/mol. The zero-order valence-corrected chi connectivity index (χ0v) is 13.1. The molecule has 0 aromatic heterocycles. The Morgan fingerprint density at radius 3 is 2.43 bits per heavy atom. The smallest absolute Gasteiger partial charge is 0.464 e. The summed E-state index contributed by atoms with van der Waals surface area (Å²) in [5.41, 5.74) is -7.28. The normalized spacial score (nSPS) is 14.9. The zero-order valence-electron chi connectivity index (χ0n) is 12.3. The lowest BCUT2D eigenvalue weighted by atomic mass is 9.96. The zero-order chi connectivity index (χ0) is 17.9. The molecule has 0 saturated carbocycles. The summed E-state index contributed by atoms with van der Waals surface area (Å²) >= 11 is 0. The van der Waals surface area contributed by atoms with Crippen molar-refractivity contribution in [3.8, 4) is 5.75 Å². The van der Waals surface area contributed by atoms with E-state index in [2.05, 4.69) is 8.92 Å². The SMILES string of the molecule is CCOC(=O)C(C)(O)Cc1cccc(OS(=O)(=O)C(F)(F)F)c1. The molecule has 130 valence electrons. The highest BCUT2D eigenvalue weighted by Crippen LogP contribution is 2.28. The van der Waals surface area contributed by atoms with Crippen LogP contribution in [0.15, 0.2) is 24.3 Å². The molecule has 0 bridgehead atoms. The van der Waals surface area contributed by atoms with Crippen LogP contribution >= 0.6 is 0 Å². The van der Waals surface area contributed by atoms with Crippen LogP contribution in [0.1, 0.15) is 19.4 Å². The van der Waals surface area contributed by atoms with Crippen LogP contribution in [0.3, 0.4) is 0 Å². The maximum atomic E-state index is 12.3. The van der Waals surface area contributed by atoms with E-state index in [4.69, 9.17) is 0 Å². The first-order valence-corrected chi connectivity index (χ1v) is 7.79. The highest BCUT2D eigenvalue weighted by atomic mass is 32.2. The minimum atomic E-state index is -5.79. The summed E-state index contributed by atoms with van der Waals surface area (Å²) in [7, 11) is -5.79. The number of rotatable bonds is 6. The van der Waals surface area contributed by atoms with Crippen LogP contribution in [-0.4, -0.2) is 37.2 Å². The first-order valence-electron chi connectivity index (χ1n) is 6.38. The van der Waals surface area contributed by atoms with Crippen LogP contribution in [-0.2, 0) is 26.1 Å². The number of halogens is 3. The van der Waals surface area contributed by atoms with E-state index in [1.165, 1.54) is 19.1 Å². The third kappa shape index (κ3) is 5.10. The van der Waals surface area contributed by atoms with Crippen LogP contribution in [0.5, 0.6) is 5.75 Å². The first-order chi connectivity index (χ1) is 10.4. The molecule has 0 aliphatic carbocycles. The fraction of sp³-hybridized carbons (Fsp3) is 0.462. The Hall–Kier alpha value is -1.81. The number of aliphatic hydroxyl groups is 1. The van der Waals surface area contributed by atoms with E-state index in [1.54, 1.807) is 6.92 Å². The Labute approximate surface area is 130 Å². The van der Waals surface area contributed by atoms with Crippen molar-refractivity contribution in [3.05, 3.63) is 29.8 Å². The number of carbonyl (C=O) groups is 1. The highest BCUT2D eigenvalue weighted by Gasteiger charge is 2.48. The van der Waals surface area contributed by atoms with Gasteiger partial charge >= 0.3 is 21.6 Å².